The van der Waals surface area contributed by atoms with E-state index in [1.807, 2.05) is 25.1 Å². The number of aliphatic carboxylic acids is 1. The molecule has 0 aliphatic heterocycles. The Morgan fingerprint density at radius 1 is 1.00 bits per heavy atom. The highest BCUT2D eigenvalue weighted by Crippen LogP contribution is 2.31. The van der Waals surface area contributed by atoms with Crippen LogP contribution in [0.3, 0.4) is 0 Å². The number of rotatable bonds is 10. The van der Waals surface area contributed by atoms with Crippen molar-refractivity contribution in [3.63, 3.8) is 0 Å². The van der Waals surface area contributed by atoms with Crippen molar-refractivity contribution in [3.8, 4) is 5.75 Å². The van der Waals surface area contributed by atoms with Crippen molar-refractivity contribution in [2.45, 2.75) is 6.92 Å². The first-order valence-electron chi connectivity index (χ1n) is 7.93. The number of ether oxygens (including phenoxy) is 3. The van der Waals surface area contributed by atoms with E-state index in [-0.39, 0.29) is 12.5 Å². The number of hydrogen-bond donors (Lipinski definition) is 2. The zero-order valence-electron chi connectivity index (χ0n) is 14.0. The van der Waals surface area contributed by atoms with Gasteiger partial charge < -0.3 is 24.6 Å². The molecule has 25 heavy (non-hydrogen) atoms. The largest absolute Gasteiger partial charge is 0.481 e. The number of amides is 1. The number of carboxylic acids is 1. The highest BCUT2D eigenvalue weighted by Gasteiger charge is 2.10. The summed E-state index contributed by atoms with van der Waals surface area (Å²) in [6.07, 6.45) is 0. The van der Waals surface area contributed by atoms with Crippen molar-refractivity contribution in [1.82, 2.24) is 0 Å². The maximum atomic E-state index is 12.0. The summed E-state index contributed by atoms with van der Waals surface area (Å²) in [5.74, 6) is -0.879. The normalized spacial score (nSPS) is 10.6. The van der Waals surface area contributed by atoms with Crippen LogP contribution >= 0.6 is 0 Å². The van der Waals surface area contributed by atoms with Gasteiger partial charge >= 0.3 is 5.97 Å². The van der Waals surface area contributed by atoms with Crippen LogP contribution in [0.1, 0.15) is 6.92 Å². The maximum absolute atomic E-state index is 12.0. The molecule has 0 aromatic heterocycles. The van der Waals surface area contributed by atoms with Crippen LogP contribution in [-0.4, -0.2) is 50.0 Å². The number of fused-ring (bicyclic) bond motifs is 1. The predicted molar refractivity (Wildman–Crippen MR) is 93.0 cm³/mol. The van der Waals surface area contributed by atoms with E-state index in [1.165, 1.54) is 0 Å². The molecule has 7 nitrogen and oxygen atoms in total. The van der Waals surface area contributed by atoms with Crippen molar-refractivity contribution >= 4 is 28.3 Å². The minimum Gasteiger partial charge on any atom is -0.481 e. The summed E-state index contributed by atoms with van der Waals surface area (Å²) in [6, 6.07) is 10.6. The van der Waals surface area contributed by atoms with Gasteiger partial charge in [-0.1, -0.05) is 24.3 Å². The van der Waals surface area contributed by atoms with Gasteiger partial charge in [0.2, 0.25) is 5.91 Å². The molecule has 7 heteroatoms. The lowest BCUT2D eigenvalue weighted by atomic mass is 10.1. The number of carbonyl (C=O) groups is 2. The molecule has 0 saturated carbocycles. The molecule has 0 aliphatic rings. The number of nitrogens with one attached hydrogen (secondary N) is 1. The Morgan fingerprint density at radius 3 is 2.44 bits per heavy atom. The second kappa shape index (κ2) is 9.61. The predicted octanol–water partition coefficient (Wildman–Crippen LogP) is 2.29. The zero-order valence-corrected chi connectivity index (χ0v) is 14.0. The quantitative estimate of drug-likeness (QED) is 0.641. The van der Waals surface area contributed by atoms with Gasteiger partial charge in [-0.3, -0.25) is 4.79 Å². The molecule has 0 atom stereocenters. The van der Waals surface area contributed by atoms with Gasteiger partial charge in [0.05, 0.1) is 13.2 Å². The van der Waals surface area contributed by atoms with Gasteiger partial charge in [0, 0.05) is 23.1 Å². The molecule has 0 heterocycles. The second-order valence-electron chi connectivity index (χ2n) is 5.14. The summed E-state index contributed by atoms with van der Waals surface area (Å²) in [5.41, 5.74) is 0.608. The molecule has 2 aromatic rings. The Labute approximate surface area is 145 Å². The van der Waals surface area contributed by atoms with E-state index in [9.17, 15) is 9.59 Å². The topological polar surface area (TPSA) is 94.1 Å². The number of carbonyl (C=O) groups excluding carboxylic acids is 1. The Morgan fingerprint density at radius 2 is 1.72 bits per heavy atom. The Hall–Kier alpha value is -2.64. The number of benzene rings is 2. The van der Waals surface area contributed by atoms with Crippen LogP contribution in [0, 0.1) is 0 Å². The lowest BCUT2D eigenvalue weighted by Crippen LogP contribution is -2.20. The van der Waals surface area contributed by atoms with Crippen LogP contribution in [0.5, 0.6) is 5.75 Å². The molecule has 0 aliphatic carbocycles. The minimum absolute atomic E-state index is 0.0708. The molecule has 0 spiro atoms. The third-order valence-corrected chi connectivity index (χ3v) is 3.32. The average Bonchev–Trinajstić information content (AvgIpc) is 2.60. The first kappa shape index (κ1) is 18.7. The van der Waals surface area contributed by atoms with E-state index in [0.29, 0.717) is 31.3 Å². The van der Waals surface area contributed by atoms with Crippen molar-refractivity contribution in [1.29, 1.82) is 0 Å². The molecule has 2 rings (SSSR count). The highest BCUT2D eigenvalue weighted by atomic mass is 16.5. The van der Waals surface area contributed by atoms with Gasteiger partial charge in [0.25, 0.3) is 0 Å². The monoisotopic (exact) mass is 347 g/mol. The molecule has 134 valence electrons. The first-order valence-corrected chi connectivity index (χ1v) is 7.93. The summed E-state index contributed by atoms with van der Waals surface area (Å²) >= 11 is 0. The van der Waals surface area contributed by atoms with Gasteiger partial charge in [-0.05, 0) is 19.1 Å². The van der Waals surface area contributed by atoms with Gasteiger partial charge in [-0.2, -0.15) is 0 Å². The minimum atomic E-state index is -1.05. The SMILES string of the molecule is CCOCCOCC(=O)Nc1ccc(OCC(=O)O)c2ccccc12. The standard InChI is InChI=1S/C18H21NO6/c1-2-23-9-10-24-11-17(20)19-15-7-8-16(25-12-18(21)22)14-6-4-3-5-13(14)15/h3-8H,2,9-12H2,1H3,(H,19,20)(H,21,22). The fourth-order valence-corrected chi connectivity index (χ4v) is 2.26. The van der Waals surface area contributed by atoms with Crippen molar-refractivity contribution in [2.24, 2.45) is 0 Å². The molecule has 0 unspecified atom stereocenters. The lowest BCUT2D eigenvalue weighted by Gasteiger charge is -2.12. The summed E-state index contributed by atoms with van der Waals surface area (Å²) in [7, 11) is 0. The van der Waals surface area contributed by atoms with Crippen LogP contribution in [-0.2, 0) is 19.1 Å². The van der Waals surface area contributed by atoms with Crippen LogP contribution in [0.4, 0.5) is 5.69 Å². The van der Waals surface area contributed by atoms with Gasteiger partial charge in [-0.25, -0.2) is 4.79 Å². The summed E-state index contributed by atoms with van der Waals surface area (Å²) in [5, 5.41) is 13.0. The molecular formula is C18H21NO6. The van der Waals surface area contributed by atoms with Crippen LogP contribution < -0.4 is 10.1 Å². The van der Waals surface area contributed by atoms with E-state index in [1.54, 1.807) is 18.2 Å². The van der Waals surface area contributed by atoms with E-state index >= 15 is 0 Å². The fraction of sp³-hybridized carbons (Fsp3) is 0.333. The van der Waals surface area contributed by atoms with E-state index in [4.69, 9.17) is 19.3 Å². The molecule has 2 aromatic carbocycles. The lowest BCUT2D eigenvalue weighted by molar-refractivity contribution is -0.139. The average molecular weight is 347 g/mol. The number of anilines is 1. The Balaban J connectivity index is 2.05. The molecule has 2 N–H and O–H groups in total. The fourth-order valence-electron chi connectivity index (χ4n) is 2.26. The third kappa shape index (κ3) is 5.74. The Kier molecular flexibility index (Phi) is 7.18. The van der Waals surface area contributed by atoms with Gasteiger partial charge in [0.1, 0.15) is 12.4 Å². The van der Waals surface area contributed by atoms with Crippen molar-refractivity contribution in [2.75, 3.05) is 38.4 Å². The molecule has 1 amide bonds. The van der Waals surface area contributed by atoms with E-state index < -0.39 is 12.6 Å². The third-order valence-electron chi connectivity index (χ3n) is 3.32. The van der Waals surface area contributed by atoms with Crippen LogP contribution in [0.15, 0.2) is 36.4 Å². The molecule has 0 radical (unpaired) electrons. The van der Waals surface area contributed by atoms with Gasteiger partial charge in [-0.15, -0.1) is 0 Å². The zero-order chi connectivity index (χ0) is 18.1. The van der Waals surface area contributed by atoms with E-state index in [0.717, 1.165) is 10.8 Å². The second-order valence-corrected chi connectivity index (χ2v) is 5.14. The molecule has 0 saturated heterocycles. The van der Waals surface area contributed by atoms with Crippen LogP contribution in [0.25, 0.3) is 10.8 Å². The Bertz CT molecular complexity index is 731. The smallest absolute Gasteiger partial charge is 0.341 e. The number of hydrogen-bond acceptors (Lipinski definition) is 5. The molecule has 0 bridgehead atoms. The number of carboxylic acid groups (broad SMARTS) is 1. The molecular weight excluding hydrogens is 326 g/mol. The summed E-state index contributed by atoms with van der Waals surface area (Å²) in [6.45, 7) is 2.80. The van der Waals surface area contributed by atoms with Crippen molar-refractivity contribution < 1.29 is 28.9 Å². The first-order chi connectivity index (χ1) is 12.1. The summed E-state index contributed by atoms with van der Waals surface area (Å²) < 4.78 is 15.7. The maximum Gasteiger partial charge on any atom is 0.341 e. The molecule has 0 fully saturated rings. The van der Waals surface area contributed by atoms with Crippen molar-refractivity contribution in [3.05, 3.63) is 36.4 Å². The highest BCUT2D eigenvalue weighted by molar-refractivity contribution is 6.04. The van der Waals surface area contributed by atoms with Crippen LogP contribution in [0.2, 0.25) is 0 Å². The van der Waals surface area contributed by atoms with E-state index in [2.05, 4.69) is 5.32 Å². The summed E-state index contributed by atoms with van der Waals surface area (Å²) in [4.78, 5) is 22.7. The van der Waals surface area contributed by atoms with Gasteiger partial charge in [0.15, 0.2) is 6.61 Å².